The molecule has 1 aromatic rings. The maximum Gasteiger partial charge on any atom is 0.274 e. The average Bonchev–Trinajstić information content (AvgIpc) is 3.09. The van der Waals surface area contributed by atoms with E-state index in [0.717, 1.165) is 18.5 Å². The highest BCUT2D eigenvalue weighted by Gasteiger charge is 2.30. The quantitative estimate of drug-likeness (QED) is 0.701. The van der Waals surface area contributed by atoms with Crippen molar-refractivity contribution >= 4 is 11.6 Å². The minimum absolute atomic E-state index is 0.0259. The maximum atomic E-state index is 11.8. The molecule has 1 atom stereocenters. The number of carbonyl (C=O) groups excluding carboxylic acids is 1. The van der Waals surface area contributed by atoms with Crippen molar-refractivity contribution in [1.82, 2.24) is 15.5 Å². The molecule has 94 valence electrons. The highest BCUT2D eigenvalue weighted by molar-refractivity contribution is 5.97. The topological polar surface area (TPSA) is 93.0 Å². The van der Waals surface area contributed by atoms with Crippen molar-refractivity contribution < 1.29 is 9.53 Å². The largest absolute Gasteiger partial charge is 0.395 e. The predicted octanol–water partition coefficient (Wildman–Crippen LogP) is 0.634. The van der Waals surface area contributed by atoms with Crippen molar-refractivity contribution in [2.45, 2.75) is 31.8 Å². The van der Waals surface area contributed by atoms with Gasteiger partial charge in [-0.3, -0.25) is 9.89 Å². The van der Waals surface area contributed by atoms with E-state index in [9.17, 15) is 4.79 Å². The molecule has 0 radical (unpaired) electrons. The SMILES string of the molecule is COC(C)CNC(=O)c1n[nH]c(C2CC2)c1N. The van der Waals surface area contributed by atoms with E-state index in [1.165, 1.54) is 0 Å². The third-order valence-electron chi connectivity index (χ3n) is 2.99. The van der Waals surface area contributed by atoms with Crippen molar-refractivity contribution in [3.05, 3.63) is 11.4 Å². The van der Waals surface area contributed by atoms with Gasteiger partial charge in [-0.25, -0.2) is 0 Å². The summed E-state index contributed by atoms with van der Waals surface area (Å²) in [6, 6.07) is 0. The van der Waals surface area contributed by atoms with E-state index in [1.54, 1.807) is 7.11 Å². The van der Waals surface area contributed by atoms with Crippen molar-refractivity contribution in [3.8, 4) is 0 Å². The number of hydrogen-bond donors (Lipinski definition) is 3. The Bertz CT molecular complexity index is 412. The lowest BCUT2D eigenvalue weighted by atomic mass is 10.2. The van der Waals surface area contributed by atoms with Crippen LogP contribution in [0.3, 0.4) is 0 Å². The summed E-state index contributed by atoms with van der Waals surface area (Å²) < 4.78 is 5.05. The first-order valence-electron chi connectivity index (χ1n) is 5.78. The summed E-state index contributed by atoms with van der Waals surface area (Å²) in [7, 11) is 1.60. The number of aromatic amines is 1. The van der Waals surface area contributed by atoms with Crippen LogP contribution < -0.4 is 11.1 Å². The van der Waals surface area contributed by atoms with Crippen molar-refractivity contribution in [1.29, 1.82) is 0 Å². The molecule has 6 nitrogen and oxygen atoms in total. The smallest absolute Gasteiger partial charge is 0.274 e. The fraction of sp³-hybridized carbons (Fsp3) is 0.636. The number of aromatic nitrogens is 2. The van der Waals surface area contributed by atoms with Crippen LogP contribution in [0.1, 0.15) is 41.9 Å². The fourth-order valence-electron chi connectivity index (χ4n) is 1.62. The Morgan fingerprint density at radius 2 is 2.41 bits per heavy atom. The minimum Gasteiger partial charge on any atom is -0.395 e. The molecule has 6 heteroatoms. The van der Waals surface area contributed by atoms with Gasteiger partial charge in [-0.2, -0.15) is 5.10 Å². The molecule has 1 amide bonds. The van der Waals surface area contributed by atoms with Crippen LogP contribution in [0.5, 0.6) is 0 Å². The fourth-order valence-corrected chi connectivity index (χ4v) is 1.62. The molecule has 2 rings (SSSR count). The monoisotopic (exact) mass is 238 g/mol. The first-order valence-corrected chi connectivity index (χ1v) is 5.78. The van der Waals surface area contributed by atoms with E-state index in [-0.39, 0.29) is 17.7 Å². The summed E-state index contributed by atoms with van der Waals surface area (Å²) in [5.41, 5.74) is 7.57. The minimum atomic E-state index is -0.255. The van der Waals surface area contributed by atoms with Crippen LogP contribution in [0.2, 0.25) is 0 Å². The summed E-state index contributed by atoms with van der Waals surface area (Å²) in [6.07, 6.45) is 2.21. The lowest BCUT2D eigenvalue weighted by Gasteiger charge is -2.09. The summed E-state index contributed by atoms with van der Waals surface area (Å²) in [6.45, 7) is 2.32. The molecule has 1 aliphatic rings. The Balaban J connectivity index is 1.99. The molecule has 0 spiro atoms. The van der Waals surface area contributed by atoms with Gasteiger partial charge < -0.3 is 15.8 Å². The average molecular weight is 238 g/mol. The third-order valence-corrected chi connectivity index (χ3v) is 2.99. The molecule has 0 bridgehead atoms. The Labute approximate surface area is 99.9 Å². The number of nitrogen functional groups attached to an aromatic ring is 1. The normalized spacial score (nSPS) is 16.8. The second-order valence-corrected chi connectivity index (χ2v) is 4.43. The van der Waals surface area contributed by atoms with Gasteiger partial charge in [0.25, 0.3) is 5.91 Å². The van der Waals surface area contributed by atoms with Gasteiger partial charge in [0.15, 0.2) is 5.69 Å². The number of hydrogen-bond acceptors (Lipinski definition) is 4. The van der Waals surface area contributed by atoms with Gasteiger partial charge in [0, 0.05) is 19.6 Å². The molecule has 0 saturated heterocycles. The summed E-state index contributed by atoms with van der Waals surface area (Å²) >= 11 is 0. The number of ether oxygens (including phenoxy) is 1. The molecule has 1 aromatic heterocycles. The molecule has 4 N–H and O–H groups in total. The third kappa shape index (κ3) is 2.58. The Morgan fingerprint density at radius 1 is 1.71 bits per heavy atom. The van der Waals surface area contributed by atoms with E-state index in [2.05, 4.69) is 15.5 Å². The zero-order valence-corrected chi connectivity index (χ0v) is 10.1. The number of nitrogens with one attached hydrogen (secondary N) is 2. The van der Waals surface area contributed by atoms with E-state index < -0.39 is 0 Å². The zero-order chi connectivity index (χ0) is 12.4. The standard InChI is InChI=1S/C11H18N4O2/c1-6(17-2)5-13-11(16)10-8(12)9(14-15-10)7-3-4-7/h6-7H,3-5,12H2,1-2H3,(H,13,16)(H,14,15). The number of anilines is 1. The maximum absolute atomic E-state index is 11.8. The lowest BCUT2D eigenvalue weighted by molar-refractivity contribution is 0.0867. The summed E-state index contributed by atoms with van der Waals surface area (Å²) in [5, 5.41) is 9.57. The Kier molecular flexibility index (Phi) is 3.33. The van der Waals surface area contributed by atoms with Crippen molar-refractivity contribution in [2.24, 2.45) is 0 Å². The summed E-state index contributed by atoms with van der Waals surface area (Å²) in [5.74, 6) is 0.205. The first kappa shape index (κ1) is 11.9. The molecule has 1 fully saturated rings. The lowest BCUT2D eigenvalue weighted by Crippen LogP contribution is -2.32. The molecular formula is C11H18N4O2. The van der Waals surface area contributed by atoms with Gasteiger partial charge >= 0.3 is 0 Å². The van der Waals surface area contributed by atoms with Crippen LogP contribution in [0.15, 0.2) is 0 Å². The van der Waals surface area contributed by atoms with Crippen molar-refractivity contribution in [3.63, 3.8) is 0 Å². The number of H-pyrrole nitrogens is 1. The van der Waals surface area contributed by atoms with Gasteiger partial charge in [-0.15, -0.1) is 0 Å². The van der Waals surface area contributed by atoms with Gasteiger partial charge in [0.2, 0.25) is 0 Å². The van der Waals surface area contributed by atoms with Gasteiger partial charge in [0.1, 0.15) is 0 Å². The van der Waals surface area contributed by atoms with Gasteiger partial charge in [-0.05, 0) is 19.8 Å². The number of nitrogens with two attached hydrogens (primary N) is 1. The number of carbonyl (C=O) groups is 1. The second kappa shape index (κ2) is 4.75. The van der Waals surface area contributed by atoms with Crippen molar-refractivity contribution in [2.75, 3.05) is 19.4 Å². The molecule has 0 aromatic carbocycles. The van der Waals surface area contributed by atoms with E-state index in [4.69, 9.17) is 10.5 Å². The van der Waals surface area contributed by atoms with E-state index >= 15 is 0 Å². The van der Waals surface area contributed by atoms with Crippen LogP contribution >= 0.6 is 0 Å². The number of methoxy groups -OCH3 is 1. The predicted molar refractivity (Wildman–Crippen MR) is 63.8 cm³/mol. The number of rotatable bonds is 5. The molecule has 1 heterocycles. The van der Waals surface area contributed by atoms with Crippen LogP contribution in [-0.2, 0) is 4.74 Å². The Morgan fingerprint density at radius 3 is 3.00 bits per heavy atom. The number of amides is 1. The van der Waals surface area contributed by atoms with Crippen LogP contribution in [0, 0.1) is 0 Å². The molecule has 1 saturated carbocycles. The number of nitrogens with zero attached hydrogens (tertiary/aromatic N) is 1. The molecule has 0 aliphatic heterocycles. The van der Waals surface area contributed by atoms with E-state index in [1.807, 2.05) is 6.92 Å². The Hall–Kier alpha value is -1.56. The van der Waals surface area contributed by atoms with Gasteiger partial charge in [-0.1, -0.05) is 0 Å². The van der Waals surface area contributed by atoms with Crippen LogP contribution in [-0.4, -0.2) is 35.9 Å². The zero-order valence-electron chi connectivity index (χ0n) is 10.1. The highest BCUT2D eigenvalue weighted by Crippen LogP contribution is 2.42. The van der Waals surface area contributed by atoms with E-state index in [0.29, 0.717) is 18.2 Å². The van der Waals surface area contributed by atoms with Gasteiger partial charge in [0.05, 0.1) is 17.5 Å². The molecule has 17 heavy (non-hydrogen) atoms. The molecule has 1 unspecified atom stereocenters. The molecular weight excluding hydrogens is 220 g/mol. The molecule has 1 aliphatic carbocycles. The summed E-state index contributed by atoms with van der Waals surface area (Å²) in [4.78, 5) is 11.8. The highest BCUT2D eigenvalue weighted by atomic mass is 16.5. The first-order chi connectivity index (χ1) is 8.13. The second-order valence-electron chi connectivity index (χ2n) is 4.43. The van der Waals surface area contributed by atoms with Crippen LogP contribution in [0.25, 0.3) is 0 Å². The van der Waals surface area contributed by atoms with Crippen LogP contribution in [0.4, 0.5) is 5.69 Å².